The first-order valence-electron chi connectivity index (χ1n) is 6.56. The Morgan fingerprint density at radius 3 is 2.23 bits per heavy atom. The highest BCUT2D eigenvalue weighted by Crippen LogP contribution is 2.48. The minimum absolute atomic E-state index is 0.0397. The fraction of sp³-hybridized carbons (Fsp3) is 0.188. The summed E-state index contributed by atoms with van der Waals surface area (Å²) in [6.45, 7) is 0. The Balaban J connectivity index is 2.00. The number of nitrogens with zero attached hydrogens (tertiary/aromatic N) is 1. The second-order valence-electron chi connectivity index (χ2n) is 5.00. The van der Waals surface area contributed by atoms with E-state index in [1.807, 2.05) is 0 Å². The van der Waals surface area contributed by atoms with Crippen molar-refractivity contribution in [3.63, 3.8) is 0 Å². The molecule has 0 aromatic heterocycles. The Kier molecular flexibility index (Phi) is 3.72. The molecular weight excluding hydrogens is 359 g/mol. The molecule has 6 heteroatoms. The van der Waals surface area contributed by atoms with E-state index >= 15 is 0 Å². The van der Waals surface area contributed by atoms with Gasteiger partial charge < -0.3 is 4.84 Å². The summed E-state index contributed by atoms with van der Waals surface area (Å²) in [7, 11) is 0. The number of hydrogen-bond donors (Lipinski definition) is 0. The zero-order valence-corrected chi connectivity index (χ0v) is 12.9. The molecule has 1 atom stereocenters. The Bertz CT molecular complexity index is 698. The topological polar surface area (TPSA) is 21.6 Å². The van der Waals surface area contributed by atoms with E-state index in [0.717, 1.165) is 0 Å². The molecule has 2 nitrogen and oxygen atoms in total. The van der Waals surface area contributed by atoms with Gasteiger partial charge in [0.05, 0.1) is 5.71 Å². The van der Waals surface area contributed by atoms with Crippen molar-refractivity contribution in [3.05, 3.63) is 70.2 Å². The van der Waals surface area contributed by atoms with E-state index < -0.39 is 11.8 Å². The first-order chi connectivity index (χ1) is 10.4. The van der Waals surface area contributed by atoms with Crippen LogP contribution in [0.1, 0.15) is 17.5 Å². The van der Waals surface area contributed by atoms with Crippen LogP contribution in [0.5, 0.6) is 0 Å². The molecule has 1 aliphatic heterocycles. The fourth-order valence-corrected chi connectivity index (χ4v) is 2.67. The van der Waals surface area contributed by atoms with Gasteiger partial charge in [-0.15, -0.1) is 0 Å². The molecule has 0 N–H and O–H groups in total. The van der Waals surface area contributed by atoms with Crippen LogP contribution in [0.4, 0.5) is 13.2 Å². The second kappa shape index (κ2) is 5.43. The largest absolute Gasteiger partial charge is 0.435 e. The lowest BCUT2D eigenvalue weighted by Gasteiger charge is -2.29. The molecule has 1 heterocycles. The molecule has 0 unspecified atom stereocenters. The molecule has 0 saturated carbocycles. The molecule has 0 spiro atoms. The van der Waals surface area contributed by atoms with E-state index in [1.165, 1.54) is 12.1 Å². The SMILES string of the molecule is FC(F)(F)[C@]1(c2ccc(Br)cc2)CC(c2ccccc2)=NO1. The van der Waals surface area contributed by atoms with Crippen molar-refractivity contribution in [2.75, 3.05) is 0 Å². The summed E-state index contributed by atoms with van der Waals surface area (Å²) in [4.78, 5) is 4.95. The summed E-state index contributed by atoms with van der Waals surface area (Å²) in [6, 6.07) is 14.7. The molecule has 3 rings (SSSR count). The third kappa shape index (κ3) is 2.52. The molecule has 0 aliphatic carbocycles. The van der Waals surface area contributed by atoms with Crippen LogP contribution in [0.3, 0.4) is 0 Å². The Labute approximate surface area is 133 Å². The van der Waals surface area contributed by atoms with Crippen LogP contribution in [0, 0.1) is 0 Å². The maximum absolute atomic E-state index is 13.7. The highest BCUT2D eigenvalue weighted by atomic mass is 79.9. The normalized spacial score (nSPS) is 21.4. The Hall–Kier alpha value is -1.82. The summed E-state index contributed by atoms with van der Waals surface area (Å²) in [5, 5.41) is 3.71. The van der Waals surface area contributed by atoms with Crippen LogP contribution in [-0.2, 0) is 10.4 Å². The fourth-order valence-electron chi connectivity index (χ4n) is 2.41. The van der Waals surface area contributed by atoms with Crippen LogP contribution in [0.2, 0.25) is 0 Å². The average molecular weight is 370 g/mol. The zero-order valence-electron chi connectivity index (χ0n) is 11.3. The van der Waals surface area contributed by atoms with Crippen LogP contribution in [0.15, 0.2) is 64.2 Å². The number of hydrogen-bond acceptors (Lipinski definition) is 2. The van der Waals surface area contributed by atoms with Crippen molar-refractivity contribution >= 4 is 21.6 Å². The first-order valence-corrected chi connectivity index (χ1v) is 7.35. The van der Waals surface area contributed by atoms with Crippen molar-refractivity contribution in [1.29, 1.82) is 0 Å². The molecule has 0 bridgehead atoms. The predicted molar refractivity (Wildman–Crippen MR) is 80.6 cm³/mol. The highest BCUT2D eigenvalue weighted by molar-refractivity contribution is 9.10. The van der Waals surface area contributed by atoms with Crippen molar-refractivity contribution in [2.45, 2.75) is 18.2 Å². The Morgan fingerprint density at radius 1 is 1.00 bits per heavy atom. The highest BCUT2D eigenvalue weighted by Gasteiger charge is 2.62. The minimum atomic E-state index is -4.57. The van der Waals surface area contributed by atoms with Gasteiger partial charge in [-0.1, -0.05) is 63.6 Å². The van der Waals surface area contributed by atoms with E-state index in [-0.39, 0.29) is 12.0 Å². The molecule has 1 aliphatic rings. The molecule has 0 amide bonds. The van der Waals surface area contributed by atoms with E-state index in [9.17, 15) is 13.2 Å². The van der Waals surface area contributed by atoms with E-state index in [2.05, 4.69) is 21.1 Å². The minimum Gasteiger partial charge on any atom is -0.374 e. The number of rotatable bonds is 2. The number of alkyl halides is 3. The first kappa shape index (κ1) is 15.1. The number of benzene rings is 2. The van der Waals surface area contributed by atoms with Crippen LogP contribution in [0.25, 0.3) is 0 Å². The summed E-state index contributed by atoms with van der Waals surface area (Å²) in [5.74, 6) is 0. The molecule has 0 saturated heterocycles. The van der Waals surface area contributed by atoms with Crippen molar-refractivity contribution in [2.24, 2.45) is 5.16 Å². The van der Waals surface area contributed by atoms with Crippen molar-refractivity contribution in [1.82, 2.24) is 0 Å². The van der Waals surface area contributed by atoms with Gasteiger partial charge in [0.2, 0.25) is 0 Å². The maximum atomic E-state index is 13.7. The average Bonchev–Trinajstić information content (AvgIpc) is 2.95. The van der Waals surface area contributed by atoms with Gasteiger partial charge in [-0.2, -0.15) is 13.2 Å². The van der Waals surface area contributed by atoms with E-state index in [1.54, 1.807) is 42.5 Å². The maximum Gasteiger partial charge on any atom is 0.435 e. The van der Waals surface area contributed by atoms with Crippen LogP contribution >= 0.6 is 15.9 Å². The van der Waals surface area contributed by atoms with E-state index in [4.69, 9.17) is 4.84 Å². The molecule has 2 aromatic carbocycles. The molecule has 0 radical (unpaired) electrons. The van der Waals surface area contributed by atoms with Gasteiger partial charge in [-0.25, -0.2) is 0 Å². The third-order valence-electron chi connectivity index (χ3n) is 3.60. The van der Waals surface area contributed by atoms with Crippen LogP contribution in [-0.4, -0.2) is 11.9 Å². The third-order valence-corrected chi connectivity index (χ3v) is 4.13. The summed E-state index contributed by atoms with van der Waals surface area (Å²) in [5.41, 5.74) is -1.47. The van der Waals surface area contributed by atoms with Gasteiger partial charge in [-0.3, -0.25) is 0 Å². The molecule has 114 valence electrons. The molecule has 2 aromatic rings. The molecule has 22 heavy (non-hydrogen) atoms. The summed E-state index contributed by atoms with van der Waals surface area (Å²) >= 11 is 3.22. The van der Waals surface area contributed by atoms with Crippen molar-refractivity contribution in [3.8, 4) is 0 Å². The van der Waals surface area contributed by atoms with E-state index in [0.29, 0.717) is 15.7 Å². The molecular formula is C16H11BrF3NO. The van der Waals surface area contributed by atoms with Gasteiger partial charge in [0.1, 0.15) is 0 Å². The van der Waals surface area contributed by atoms with Gasteiger partial charge in [0.25, 0.3) is 5.60 Å². The lowest BCUT2D eigenvalue weighted by Crippen LogP contribution is -2.42. The van der Waals surface area contributed by atoms with Gasteiger partial charge in [-0.05, 0) is 17.7 Å². The Morgan fingerprint density at radius 2 is 1.64 bits per heavy atom. The number of halogens is 4. The van der Waals surface area contributed by atoms with Gasteiger partial charge in [0.15, 0.2) is 0 Å². The second-order valence-corrected chi connectivity index (χ2v) is 5.92. The van der Waals surface area contributed by atoms with Gasteiger partial charge in [0, 0.05) is 16.5 Å². The zero-order chi connectivity index (χ0) is 15.8. The summed E-state index contributed by atoms with van der Waals surface area (Å²) in [6.07, 6.45) is -4.91. The molecule has 0 fully saturated rings. The van der Waals surface area contributed by atoms with Crippen LogP contribution < -0.4 is 0 Å². The van der Waals surface area contributed by atoms with Gasteiger partial charge >= 0.3 is 6.18 Å². The number of oxime groups is 1. The van der Waals surface area contributed by atoms with Crippen molar-refractivity contribution < 1.29 is 18.0 Å². The monoisotopic (exact) mass is 369 g/mol. The summed E-state index contributed by atoms with van der Waals surface area (Å²) < 4.78 is 41.7. The quantitative estimate of drug-likeness (QED) is 0.727. The standard InChI is InChI=1S/C16H11BrF3NO/c17-13-8-6-12(7-9-13)15(16(18,19)20)10-14(21-22-15)11-4-2-1-3-5-11/h1-9H,10H2/t15-/m1/s1. The lowest BCUT2D eigenvalue weighted by atomic mass is 9.86. The lowest BCUT2D eigenvalue weighted by molar-refractivity contribution is -0.275. The predicted octanol–water partition coefficient (Wildman–Crippen LogP) is 5.03. The smallest absolute Gasteiger partial charge is 0.374 e.